The number of nitrogens with zero attached hydrogens (tertiary/aromatic N) is 4. The van der Waals surface area contributed by atoms with Crippen LogP contribution in [-0.2, 0) is 10.8 Å². The van der Waals surface area contributed by atoms with Gasteiger partial charge in [-0.2, -0.15) is 0 Å². The van der Waals surface area contributed by atoms with Crippen LogP contribution in [0.15, 0.2) is 194 Å². The fourth-order valence-electron chi connectivity index (χ4n) is 9.01. The summed E-state index contributed by atoms with van der Waals surface area (Å²) < 4.78 is 6.76. The fourth-order valence-corrected chi connectivity index (χ4v) is 9.01. The van der Waals surface area contributed by atoms with Crippen molar-refractivity contribution in [2.45, 2.75) is 52.4 Å². The zero-order valence-electron chi connectivity index (χ0n) is 37.1. The van der Waals surface area contributed by atoms with Crippen molar-refractivity contribution in [1.82, 2.24) is 0 Å². The molecule has 0 radical (unpaired) electrons. The van der Waals surface area contributed by atoms with Crippen molar-refractivity contribution in [3.8, 4) is 33.8 Å². The minimum Gasteiger partial charge on any atom is -0.457 e. The molecule has 0 unspecified atom stereocenters. The van der Waals surface area contributed by atoms with Crippen LogP contribution in [-0.4, -0.2) is 13.3 Å². The maximum absolute atomic E-state index is 6.76. The summed E-state index contributed by atoms with van der Waals surface area (Å²) in [5.41, 5.74) is 16.7. The number of hydrogen-bond donors (Lipinski definition) is 0. The first-order valence-electron chi connectivity index (χ1n) is 22.1. The van der Waals surface area contributed by atoms with E-state index in [1.54, 1.807) is 0 Å². The number of anilines is 8. The van der Waals surface area contributed by atoms with E-state index in [1.807, 2.05) is 0 Å². The molecule has 0 N–H and O–H groups in total. The van der Waals surface area contributed by atoms with Crippen LogP contribution in [0.2, 0.25) is 0 Å². The van der Waals surface area contributed by atoms with Crippen molar-refractivity contribution < 1.29 is 4.74 Å². The number of rotatable bonds is 8. The van der Waals surface area contributed by atoms with Crippen molar-refractivity contribution in [1.29, 1.82) is 0 Å². The molecule has 0 saturated heterocycles. The smallest absolute Gasteiger partial charge is 0.129 e. The summed E-state index contributed by atoms with van der Waals surface area (Å²) in [5.74, 6) is 1.57. The van der Waals surface area contributed by atoms with Crippen LogP contribution in [0.4, 0.5) is 45.5 Å². The first-order valence-corrected chi connectivity index (χ1v) is 22.1. The lowest BCUT2D eigenvalue weighted by Gasteiger charge is -2.28. The van der Waals surface area contributed by atoms with Gasteiger partial charge in [0.05, 0.1) is 34.1 Å². The molecule has 0 atom stereocenters. The molecule has 0 amide bonds. The van der Waals surface area contributed by atoms with Gasteiger partial charge in [-0.3, -0.25) is 0 Å². The minimum absolute atomic E-state index is 0.00730. The Hall–Kier alpha value is -7.24. The molecule has 0 fully saturated rings. The first kappa shape index (κ1) is 39.9. The average Bonchev–Trinajstić information content (AvgIpc) is 3.89. The summed E-state index contributed by atoms with van der Waals surface area (Å²) in [5, 5.41) is 0. The van der Waals surface area contributed by atoms with Crippen LogP contribution in [0.1, 0.15) is 52.7 Å². The molecule has 0 aliphatic carbocycles. The van der Waals surface area contributed by atoms with Crippen LogP contribution in [0.5, 0.6) is 11.5 Å². The van der Waals surface area contributed by atoms with Gasteiger partial charge in [-0.25, -0.2) is 0 Å². The molecule has 2 aliphatic rings. The molecule has 8 aromatic carbocycles. The maximum atomic E-state index is 6.76. The van der Waals surface area contributed by atoms with Gasteiger partial charge < -0.3 is 24.3 Å². The van der Waals surface area contributed by atoms with E-state index in [1.165, 1.54) is 56.1 Å². The second-order valence-electron chi connectivity index (χ2n) is 18.8. The van der Waals surface area contributed by atoms with Gasteiger partial charge >= 0.3 is 0 Å². The topological polar surface area (TPSA) is 22.2 Å². The zero-order chi connectivity index (χ0) is 43.3. The van der Waals surface area contributed by atoms with Crippen LogP contribution in [0, 0.1) is 0 Å². The van der Waals surface area contributed by atoms with Gasteiger partial charge in [-0.1, -0.05) is 163 Å². The summed E-state index contributed by atoms with van der Waals surface area (Å²) in [6.07, 6.45) is 0. The van der Waals surface area contributed by atoms with Crippen LogP contribution in [0.3, 0.4) is 0 Å². The standard InChI is InChI=1S/C58H54N4O/c1-57(2,3)43-31-33-49(41-19-9-7-10-20-41)55(35-43)61-39-59(51-27-13-15-29-53(51)61)45-23-17-25-47(37-45)63-48-26-18-24-46(38-48)60-40-62(54-30-16-14-28-52(54)60)56-36-44(58(4,5)6)32-34-50(56)42-21-11-8-12-22-42/h7-38H,39-40H2,1-6H3. The third-order valence-corrected chi connectivity index (χ3v) is 12.5. The van der Waals surface area contributed by atoms with E-state index >= 15 is 0 Å². The Morgan fingerprint density at radius 3 is 1.08 bits per heavy atom. The van der Waals surface area contributed by atoms with Crippen molar-refractivity contribution in [2.75, 3.05) is 32.9 Å². The summed E-state index contributed by atoms with van der Waals surface area (Å²) in [6, 6.07) is 69.9. The molecular formula is C58H54N4O. The molecule has 0 bridgehead atoms. The normalized spacial score (nSPS) is 13.6. The van der Waals surface area contributed by atoms with Gasteiger partial charge in [-0.05, 0) is 93.7 Å². The highest BCUT2D eigenvalue weighted by molar-refractivity contribution is 5.94. The first-order chi connectivity index (χ1) is 30.5. The number of fused-ring (bicyclic) bond motifs is 2. The van der Waals surface area contributed by atoms with E-state index in [-0.39, 0.29) is 10.8 Å². The predicted octanol–water partition coefficient (Wildman–Crippen LogP) is 15.9. The molecule has 5 nitrogen and oxygen atoms in total. The molecule has 312 valence electrons. The van der Waals surface area contributed by atoms with Gasteiger partial charge in [0.2, 0.25) is 0 Å². The molecule has 10 rings (SSSR count). The molecular weight excluding hydrogens is 769 g/mol. The number of benzene rings is 8. The van der Waals surface area contributed by atoms with E-state index in [0.29, 0.717) is 13.3 Å². The van der Waals surface area contributed by atoms with Gasteiger partial charge in [0.25, 0.3) is 0 Å². The summed E-state index contributed by atoms with van der Waals surface area (Å²) in [6.45, 7) is 15.0. The number of ether oxygens (including phenoxy) is 1. The van der Waals surface area contributed by atoms with Gasteiger partial charge in [0.1, 0.15) is 24.8 Å². The van der Waals surface area contributed by atoms with Crippen molar-refractivity contribution in [3.63, 3.8) is 0 Å². The van der Waals surface area contributed by atoms with E-state index in [0.717, 1.165) is 34.2 Å². The second-order valence-corrected chi connectivity index (χ2v) is 18.8. The molecule has 0 saturated carbocycles. The molecule has 63 heavy (non-hydrogen) atoms. The lowest BCUT2D eigenvalue weighted by Crippen LogP contribution is -2.25. The van der Waals surface area contributed by atoms with Crippen molar-refractivity contribution in [2.24, 2.45) is 0 Å². The lowest BCUT2D eigenvalue weighted by molar-refractivity contribution is 0.483. The van der Waals surface area contributed by atoms with Crippen molar-refractivity contribution >= 4 is 45.5 Å². The average molecular weight is 823 g/mol. The maximum Gasteiger partial charge on any atom is 0.129 e. The quantitative estimate of drug-likeness (QED) is 0.152. The van der Waals surface area contributed by atoms with E-state index in [2.05, 4.69) is 255 Å². The largest absolute Gasteiger partial charge is 0.457 e. The Morgan fingerprint density at radius 2 is 0.698 bits per heavy atom. The molecule has 0 aromatic heterocycles. The SMILES string of the molecule is CC(C)(C)c1ccc(-c2ccccc2)c(N2CN(c3cccc(Oc4cccc(N5CN(c6cc(C(C)(C)C)ccc6-c6ccccc6)c6ccccc65)c4)c3)c3ccccc32)c1. The molecule has 0 spiro atoms. The molecule has 2 aliphatic heterocycles. The highest BCUT2D eigenvalue weighted by Crippen LogP contribution is 2.50. The minimum atomic E-state index is 0.00730. The monoisotopic (exact) mass is 822 g/mol. The summed E-state index contributed by atoms with van der Waals surface area (Å²) in [4.78, 5) is 9.71. The number of hydrogen-bond acceptors (Lipinski definition) is 5. The van der Waals surface area contributed by atoms with Gasteiger partial charge in [-0.15, -0.1) is 0 Å². The van der Waals surface area contributed by atoms with Crippen LogP contribution >= 0.6 is 0 Å². The third kappa shape index (κ3) is 7.69. The Bertz CT molecular complexity index is 2730. The number of para-hydroxylation sites is 4. The summed E-state index contributed by atoms with van der Waals surface area (Å²) >= 11 is 0. The third-order valence-electron chi connectivity index (χ3n) is 12.5. The van der Waals surface area contributed by atoms with E-state index in [4.69, 9.17) is 4.74 Å². The second kappa shape index (κ2) is 15.9. The Balaban J connectivity index is 0.954. The van der Waals surface area contributed by atoms with Crippen molar-refractivity contribution in [3.05, 3.63) is 205 Å². The molecule has 5 heteroatoms. The molecule has 2 heterocycles. The van der Waals surface area contributed by atoms with Crippen LogP contribution in [0.25, 0.3) is 22.3 Å². The fraction of sp³-hybridized carbons (Fsp3) is 0.172. The van der Waals surface area contributed by atoms with Gasteiger partial charge in [0, 0.05) is 34.6 Å². The van der Waals surface area contributed by atoms with E-state index in [9.17, 15) is 0 Å². The van der Waals surface area contributed by atoms with E-state index < -0.39 is 0 Å². The summed E-state index contributed by atoms with van der Waals surface area (Å²) in [7, 11) is 0. The zero-order valence-corrected chi connectivity index (χ0v) is 37.1. The molecule has 8 aromatic rings. The Labute approximate surface area is 373 Å². The Morgan fingerprint density at radius 1 is 0.333 bits per heavy atom. The lowest BCUT2D eigenvalue weighted by atomic mass is 9.85. The Kier molecular flexibility index (Phi) is 10.1. The highest BCUT2D eigenvalue weighted by atomic mass is 16.5. The highest BCUT2D eigenvalue weighted by Gasteiger charge is 2.32. The predicted molar refractivity (Wildman–Crippen MR) is 265 cm³/mol. The van der Waals surface area contributed by atoms with Gasteiger partial charge in [0.15, 0.2) is 0 Å². The van der Waals surface area contributed by atoms with Crippen LogP contribution < -0.4 is 24.3 Å².